The predicted octanol–water partition coefficient (Wildman–Crippen LogP) is 1.52. The maximum atomic E-state index is 11.0. The van der Waals surface area contributed by atoms with E-state index in [2.05, 4.69) is 26.1 Å². The van der Waals surface area contributed by atoms with E-state index in [1.54, 1.807) is 4.90 Å². The van der Waals surface area contributed by atoms with Gasteiger partial charge in [0.15, 0.2) is 0 Å². The molecule has 4 heteroatoms. The van der Waals surface area contributed by atoms with Crippen molar-refractivity contribution >= 4 is 6.09 Å². The molecule has 2 rings (SSSR count). The van der Waals surface area contributed by atoms with Crippen LogP contribution in [0.4, 0.5) is 4.79 Å². The molecule has 2 saturated heterocycles. The highest BCUT2D eigenvalue weighted by Crippen LogP contribution is 2.42. The van der Waals surface area contributed by atoms with Crippen LogP contribution in [-0.4, -0.2) is 40.8 Å². The molecule has 2 heterocycles. The van der Waals surface area contributed by atoms with Crippen LogP contribution in [0.3, 0.4) is 0 Å². The van der Waals surface area contributed by atoms with E-state index in [9.17, 15) is 4.79 Å². The van der Waals surface area contributed by atoms with Crippen molar-refractivity contribution in [2.24, 2.45) is 5.41 Å². The molecule has 0 radical (unpaired) electrons. The van der Waals surface area contributed by atoms with Crippen LogP contribution in [0, 0.1) is 5.41 Å². The fourth-order valence-corrected chi connectivity index (χ4v) is 2.85. The van der Waals surface area contributed by atoms with E-state index in [1.165, 1.54) is 0 Å². The number of piperazine rings is 1. The minimum absolute atomic E-state index is 0.0195. The Kier molecular flexibility index (Phi) is 2.23. The smallest absolute Gasteiger partial charge is 0.407 e. The van der Waals surface area contributed by atoms with E-state index in [0.717, 1.165) is 12.8 Å². The molecule has 0 aromatic rings. The molecule has 2 bridgehead atoms. The molecular formula is C11H20N2O2. The van der Waals surface area contributed by atoms with Gasteiger partial charge in [0.05, 0.1) is 0 Å². The molecule has 2 fully saturated rings. The first-order valence-corrected chi connectivity index (χ1v) is 5.60. The summed E-state index contributed by atoms with van der Waals surface area (Å²) in [5.41, 5.74) is 0.0875. The van der Waals surface area contributed by atoms with Crippen LogP contribution < -0.4 is 5.32 Å². The second kappa shape index (κ2) is 3.11. The molecule has 0 aromatic carbocycles. The van der Waals surface area contributed by atoms with E-state index in [4.69, 9.17) is 5.11 Å². The Bertz CT molecular complexity index is 285. The SMILES string of the molecule is CC(C)(C)C12CCC(CN(C(=O)O)C1)N2. The lowest BCUT2D eigenvalue weighted by molar-refractivity contribution is 0.0569. The predicted molar refractivity (Wildman–Crippen MR) is 57.9 cm³/mol. The zero-order chi connectivity index (χ0) is 11.3. The maximum Gasteiger partial charge on any atom is 0.407 e. The molecule has 0 spiro atoms. The third-order valence-corrected chi connectivity index (χ3v) is 4.01. The average molecular weight is 212 g/mol. The fraction of sp³-hybridized carbons (Fsp3) is 0.909. The molecular weight excluding hydrogens is 192 g/mol. The Morgan fingerprint density at radius 3 is 2.73 bits per heavy atom. The first-order chi connectivity index (χ1) is 6.84. The highest BCUT2D eigenvalue weighted by molar-refractivity contribution is 5.65. The number of rotatable bonds is 0. The summed E-state index contributed by atoms with van der Waals surface area (Å²) in [6.45, 7) is 7.84. The first-order valence-electron chi connectivity index (χ1n) is 5.60. The molecule has 2 aliphatic heterocycles. The van der Waals surface area contributed by atoms with Gasteiger partial charge in [0.25, 0.3) is 0 Å². The van der Waals surface area contributed by atoms with Crippen molar-refractivity contribution in [1.29, 1.82) is 0 Å². The number of carboxylic acid groups (broad SMARTS) is 1. The summed E-state index contributed by atoms with van der Waals surface area (Å²) in [7, 11) is 0. The number of hydrogen-bond acceptors (Lipinski definition) is 2. The zero-order valence-electron chi connectivity index (χ0n) is 9.71. The van der Waals surface area contributed by atoms with Crippen molar-refractivity contribution in [3.8, 4) is 0 Å². The Morgan fingerprint density at radius 1 is 1.53 bits per heavy atom. The van der Waals surface area contributed by atoms with E-state index in [0.29, 0.717) is 19.1 Å². The van der Waals surface area contributed by atoms with Crippen LogP contribution in [0.5, 0.6) is 0 Å². The normalized spacial score (nSPS) is 35.7. The molecule has 4 nitrogen and oxygen atoms in total. The second-order valence-electron chi connectivity index (χ2n) is 5.88. The first kappa shape index (κ1) is 10.7. The number of hydrogen-bond donors (Lipinski definition) is 2. The van der Waals surface area contributed by atoms with Crippen molar-refractivity contribution < 1.29 is 9.90 Å². The lowest BCUT2D eigenvalue weighted by atomic mass is 9.72. The lowest BCUT2D eigenvalue weighted by Crippen LogP contribution is -2.65. The molecule has 86 valence electrons. The van der Waals surface area contributed by atoms with E-state index < -0.39 is 6.09 Å². The van der Waals surface area contributed by atoms with Crippen molar-refractivity contribution in [2.75, 3.05) is 13.1 Å². The minimum atomic E-state index is -0.781. The van der Waals surface area contributed by atoms with Gasteiger partial charge in [-0.25, -0.2) is 4.79 Å². The number of likely N-dealkylation sites (tertiary alicyclic amines) is 1. The third-order valence-electron chi connectivity index (χ3n) is 4.01. The molecule has 0 aromatic heterocycles. The van der Waals surface area contributed by atoms with Crippen molar-refractivity contribution in [2.45, 2.75) is 45.2 Å². The van der Waals surface area contributed by atoms with Gasteiger partial charge >= 0.3 is 6.09 Å². The molecule has 2 unspecified atom stereocenters. The fourth-order valence-electron chi connectivity index (χ4n) is 2.85. The molecule has 2 atom stereocenters. The van der Waals surface area contributed by atoms with Gasteiger partial charge in [0.1, 0.15) is 0 Å². The number of nitrogens with one attached hydrogen (secondary N) is 1. The molecule has 15 heavy (non-hydrogen) atoms. The number of fused-ring (bicyclic) bond motifs is 2. The quantitative estimate of drug-likeness (QED) is 0.640. The summed E-state index contributed by atoms with van der Waals surface area (Å²) in [5.74, 6) is 0. The molecule has 2 aliphatic rings. The number of nitrogens with zero attached hydrogens (tertiary/aromatic N) is 1. The summed E-state index contributed by atoms with van der Waals surface area (Å²) in [4.78, 5) is 12.6. The van der Waals surface area contributed by atoms with Crippen LogP contribution in [0.1, 0.15) is 33.6 Å². The highest BCUT2D eigenvalue weighted by Gasteiger charge is 2.52. The standard InChI is InChI=1S/C11H20N2O2/c1-10(2,3)11-5-4-8(12-11)6-13(7-11)9(14)15/h8,12H,4-7H2,1-3H3,(H,14,15). The summed E-state index contributed by atoms with van der Waals surface area (Å²) in [6, 6.07) is 0.356. The third kappa shape index (κ3) is 1.61. The van der Waals surface area contributed by atoms with E-state index in [1.807, 2.05) is 0 Å². The Balaban J connectivity index is 2.24. The van der Waals surface area contributed by atoms with Crippen LogP contribution in [0.25, 0.3) is 0 Å². The summed E-state index contributed by atoms with van der Waals surface area (Å²) < 4.78 is 0. The van der Waals surface area contributed by atoms with Gasteiger partial charge in [-0.15, -0.1) is 0 Å². The maximum absolute atomic E-state index is 11.0. The van der Waals surface area contributed by atoms with E-state index >= 15 is 0 Å². The van der Waals surface area contributed by atoms with Gasteiger partial charge in [-0.05, 0) is 18.3 Å². The summed E-state index contributed by atoms with van der Waals surface area (Å²) in [5, 5.41) is 12.7. The summed E-state index contributed by atoms with van der Waals surface area (Å²) in [6.07, 6.45) is 1.41. The van der Waals surface area contributed by atoms with Gasteiger partial charge in [-0.2, -0.15) is 0 Å². The van der Waals surface area contributed by atoms with Gasteiger partial charge in [-0.3, -0.25) is 0 Å². The van der Waals surface area contributed by atoms with E-state index in [-0.39, 0.29) is 11.0 Å². The van der Waals surface area contributed by atoms with Crippen LogP contribution in [0.2, 0.25) is 0 Å². The van der Waals surface area contributed by atoms with Crippen LogP contribution in [-0.2, 0) is 0 Å². The Hall–Kier alpha value is -0.770. The Labute approximate surface area is 90.6 Å². The molecule has 0 aliphatic carbocycles. The van der Waals surface area contributed by atoms with Gasteiger partial charge < -0.3 is 15.3 Å². The number of carbonyl (C=O) groups is 1. The monoisotopic (exact) mass is 212 g/mol. The van der Waals surface area contributed by atoms with Gasteiger partial charge in [0, 0.05) is 24.7 Å². The topological polar surface area (TPSA) is 52.6 Å². The Morgan fingerprint density at radius 2 is 2.20 bits per heavy atom. The lowest BCUT2D eigenvalue weighted by Gasteiger charge is -2.48. The number of amides is 1. The second-order valence-corrected chi connectivity index (χ2v) is 5.88. The van der Waals surface area contributed by atoms with Crippen LogP contribution >= 0.6 is 0 Å². The van der Waals surface area contributed by atoms with Crippen LogP contribution in [0.15, 0.2) is 0 Å². The summed E-state index contributed by atoms with van der Waals surface area (Å²) >= 11 is 0. The van der Waals surface area contributed by atoms with Crippen molar-refractivity contribution in [3.05, 3.63) is 0 Å². The molecule has 0 saturated carbocycles. The molecule has 1 amide bonds. The van der Waals surface area contributed by atoms with Crippen molar-refractivity contribution in [3.63, 3.8) is 0 Å². The van der Waals surface area contributed by atoms with Crippen molar-refractivity contribution in [1.82, 2.24) is 10.2 Å². The highest BCUT2D eigenvalue weighted by atomic mass is 16.4. The zero-order valence-corrected chi connectivity index (χ0v) is 9.71. The molecule has 2 N–H and O–H groups in total. The van der Waals surface area contributed by atoms with Gasteiger partial charge in [-0.1, -0.05) is 20.8 Å². The largest absolute Gasteiger partial charge is 0.465 e. The average Bonchev–Trinajstić information content (AvgIpc) is 2.41. The minimum Gasteiger partial charge on any atom is -0.465 e. The van der Waals surface area contributed by atoms with Gasteiger partial charge in [0.2, 0.25) is 0 Å².